The molecule has 1 aromatic carbocycles. The van der Waals surface area contributed by atoms with Gasteiger partial charge in [-0.2, -0.15) is 0 Å². The lowest BCUT2D eigenvalue weighted by atomic mass is 10.2. The molecule has 1 aromatic heterocycles. The molecule has 17 heavy (non-hydrogen) atoms. The van der Waals surface area contributed by atoms with E-state index >= 15 is 0 Å². The zero-order valence-electron chi connectivity index (χ0n) is 8.21. The molecule has 0 fully saturated rings. The van der Waals surface area contributed by atoms with E-state index in [-0.39, 0.29) is 15.6 Å². The van der Waals surface area contributed by atoms with Crippen molar-refractivity contribution in [2.75, 3.05) is 5.32 Å². The van der Waals surface area contributed by atoms with E-state index in [2.05, 4.69) is 10.3 Å². The van der Waals surface area contributed by atoms with Crippen molar-refractivity contribution < 1.29 is 4.79 Å². The van der Waals surface area contributed by atoms with Gasteiger partial charge < -0.3 is 0 Å². The maximum absolute atomic E-state index is 11.9. The Balaban J connectivity index is 2.31. The summed E-state index contributed by atoms with van der Waals surface area (Å²) in [4.78, 5) is 15.8. The van der Waals surface area contributed by atoms with Crippen LogP contribution in [0.4, 0.5) is 5.13 Å². The van der Waals surface area contributed by atoms with E-state index in [4.69, 9.17) is 34.8 Å². The van der Waals surface area contributed by atoms with Crippen molar-refractivity contribution in [3.8, 4) is 0 Å². The summed E-state index contributed by atoms with van der Waals surface area (Å²) >= 11 is 18.9. The number of nitrogens with one attached hydrogen (secondary N) is 1. The van der Waals surface area contributed by atoms with E-state index in [1.807, 2.05) is 0 Å². The van der Waals surface area contributed by atoms with Crippen molar-refractivity contribution in [2.24, 2.45) is 0 Å². The standard InChI is InChI=1S/C10H5Cl3N2OS/c11-5-3-6(12)8(7(13)4-5)9(16)15-10-14-1-2-17-10/h1-4H,(H,14,15,16). The molecule has 0 saturated carbocycles. The first-order valence-electron chi connectivity index (χ1n) is 4.43. The molecule has 2 aromatic rings. The number of hydrogen-bond donors (Lipinski definition) is 1. The molecule has 7 heteroatoms. The fourth-order valence-electron chi connectivity index (χ4n) is 1.20. The lowest BCUT2D eigenvalue weighted by molar-refractivity contribution is 0.102. The highest BCUT2D eigenvalue weighted by molar-refractivity contribution is 7.13. The summed E-state index contributed by atoms with van der Waals surface area (Å²) in [5.41, 5.74) is 0.188. The van der Waals surface area contributed by atoms with Crippen LogP contribution >= 0.6 is 46.1 Å². The van der Waals surface area contributed by atoms with E-state index in [9.17, 15) is 4.79 Å². The molecule has 3 nitrogen and oxygen atoms in total. The number of rotatable bonds is 2. The van der Waals surface area contributed by atoms with Gasteiger partial charge in [0.15, 0.2) is 5.13 Å². The molecule has 0 aliphatic heterocycles. The molecule has 0 bridgehead atoms. The molecule has 0 saturated heterocycles. The van der Waals surface area contributed by atoms with Gasteiger partial charge >= 0.3 is 0 Å². The fraction of sp³-hybridized carbons (Fsp3) is 0. The average molecular weight is 308 g/mol. The van der Waals surface area contributed by atoms with Gasteiger partial charge in [-0.1, -0.05) is 34.8 Å². The minimum absolute atomic E-state index is 0.188. The largest absolute Gasteiger partial charge is 0.298 e. The first-order chi connectivity index (χ1) is 8.08. The third-order valence-electron chi connectivity index (χ3n) is 1.89. The summed E-state index contributed by atoms with van der Waals surface area (Å²) < 4.78 is 0. The molecule has 1 amide bonds. The van der Waals surface area contributed by atoms with E-state index in [0.717, 1.165) is 0 Å². The predicted molar refractivity (Wildman–Crippen MR) is 71.5 cm³/mol. The van der Waals surface area contributed by atoms with Gasteiger partial charge in [0, 0.05) is 16.6 Å². The Bertz CT molecular complexity index is 534. The van der Waals surface area contributed by atoms with Gasteiger partial charge in [-0.05, 0) is 12.1 Å². The molecular weight excluding hydrogens is 303 g/mol. The Morgan fingerprint density at radius 1 is 1.24 bits per heavy atom. The Hall–Kier alpha value is -0.810. The fourth-order valence-corrected chi connectivity index (χ4v) is 2.72. The first-order valence-corrected chi connectivity index (χ1v) is 6.44. The van der Waals surface area contributed by atoms with Gasteiger partial charge in [0.25, 0.3) is 5.91 Å². The van der Waals surface area contributed by atoms with Crippen LogP contribution in [0.1, 0.15) is 10.4 Å². The van der Waals surface area contributed by atoms with Crippen molar-refractivity contribution >= 4 is 57.2 Å². The van der Waals surface area contributed by atoms with Gasteiger partial charge in [-0.25, -0.2) is 4.98 Å². The Morgan fingerprint density at radius 2 is 1.88 bits per heavy atom. The van der Waals surface area contributed by atoms with Crippen LogP contribution in [0.2, 0.25) is 15.1 Å². The SMILES string of the molecule is O=C(Nc1nccs1)c1c(Cl)cc(Cl)cc1Cl. The second-order valence-corrected chi connectivity index (χ2v) is 5.18. The number of anilines is 1. The summed E-state index contributed by atoms with van der Waals surface area (Å²) in [5, 5.41) is 5.62. The number of carbonyl (C=O) groups excluding carboxylic acids is 1. The summed E-state index contributed by atoms with van der Waals surface area (Å²) in [6, 6.07) is 2.93. The highest BCUT2D eigenvalue weighted by Crippen LogP contribution is 2.29. The molecule has 0 radical (unpaired) electrons. The number of thiazole rings is 1. The summed E-state index contributed by atoms with van der Waals surface area (Å²) in [5.74, 6) is -0.411. The minimum atomic E-state index is -0.411. The summed E-state index contributed by atoms with van der Waals surface area (Å²) in [7, 11) is 0. The van der Waals surface area contributed by atoms with E-state index in [1.54, 1.807) is 11.6 Å². The number of nitrogens with zero attached hydrogens (tertiary/aromatic N) is 1. The second kappa shape index (κ2) is 5.23. The van der Waals surface area contributed by atoms with Crippen LogP contribution in [0.5, 0.6) is 0 Å². The zero-order chi connectivity index (χ0) is 12.4. The van der Waals surface area contributed by atoms with Crippen molar-refractivity contribution in [3.05, 3.63) is 44.3 Å². The smallest absolute Gasteiger partial charge is 0.260 e. The summed E-state index contributed by atoms with van der Waals surface area (Å²) in [6.07, 6.45) is 1.59. The number of aromatic nitrogens is 1. The third kappa shape index (κ3) is 2.90. The van der Waals surface area contributed by atoms with Crippen LogP contribution in [0.25, 0.3) is 0 Å². The molecule has 1 N–H and O–H groups in total. The molecule has 0 aliphatic rings. The molecule has 0 unspecified atom stereocenters. The number of carbonyl (C=O) groups is 1. The van der Waals surface area contributed by atoms with Gasteiger partial charge in [-0.3, -0.25) is 10.1 Å². The normalized spacial score (nSPS) is 10.3. The molecular formula is C10H5Cl3N2OS. The lowest BCUT2D eigenvalue weighted by Gasteiger charge is -2.06. The van der Waals surface area contributed by atoms with Crippen LogP contribution < -0.4 is 5.32 Å². The van der Waals surface area contributed by atoms with Crippen LogP contribution in [-0.4, -0.2) is 10.9 Å². The third-order valence-corrected chi connectivity index (χ3v) is 3.39. The van der Waals surface area contributed by atoms with E-state index < -0.39 is 5.91 Å². The molecule has 0 spiro atoms. The first kappa shape index (κ1) is 12.6. The van der Waals surface area contributed by atoms with Crippen molar-refractivity contribution in [1.29, 1.82) is 0 Å². The Kier molecular flexibility index (Phi) is 3.89. The van der Waals surface area contributed by atoms with Crippen LogP contribution in [0, 0.1) is 0 Å². The molecule has 2 rings (SSSR count). The highest BCUT2D eigenvalue weighted by atomic mass is 35.5. The van der Waals surface area contributed by atoms with E-state index in [0.29, 0.717) is 10.2 Å². The number of benzene rings is 1. The van der Waals surface area contributed by atoms with Crippen LogP contribution in [-0.2, 0) is 0 Å². The van der Waals surface area contributed by atoms with Gasteiger partial charge in [0.1, 0.15) is 0 Å². The van der Waals surface area contributed by atoms with Crippen molar-refractivity contribution in [2.45, 2.75) is 0 Å². The predicted octanol–water partition coefficient (Wildman–Crippen LogP) is 4.36. The van der Waals surface area contributed by atoms with Crippen molar-refractivity contribution in [3.63, 3.8) is 0 Å². The maximum Gasteiger partial charge on any atom is 0.260 e. The number of hydrogen-bond acceptors (Lipinski definition) is 3. The maximum atomic E-state index is 11.9. The van der Waals surface area contributed by atoms with Crippen molar-refractivity contribution in [1.82, 2.24) is 4.98 Å². The van der Waals surface area contributed by atoms with Crippen LogP contribution in [0.15, 0.2) is 23.7 Å². The van der Waals surface area contributed by atoms with Gasteiger partial charge in [-0.15, -0.1) is 11.3 Å². The topological polar surface area (TPSA) is 42.0 Å². The minimum Gasteiger partial charge on any atom is -0.298 e. The van der Waals surface area contributed by atoms with Crippen LogP contribution in [0.3, 0.4) is 0 Å². The average Bonchev–Trinajstić information content (AvgIpc) is 2.68. The summed E-state index contributed by atoms with van der Waals surface area (Å²) in [6.45, 7) is 0. The number of halogens is 3. The molecule has 0 aliphatic carbocycles. The zero-order valence-corrected chi connectivity index (χ0v) is 11.3. The highest BCUT2D eigenvalue weighted by Gasteiger charge is 2.16. The molecule has 1 heterocycles. The molecule has 0 atom stereocenters. The van der Waals surface area contributed by atoms with E-state index in [1.165, 1.54) is 23.5 Å². The Morgan fingerprint density at radius 3 is 2.41 bits per heavy atom. The monoisotopic (exact) mass is 306 g/mol. The lowest BCUT2D eigenvalue weighted by Crippen LogP contribution is -2.12. The van der Waals surface area contributed by atoms with Gasteiger partial charge in [0.2, 0.25) is 0 Å². The quantitative estimate of drug-likeness (QED) is 0.896. The second-order valence-electron chi connectivity index (χ2n) is 3.04. The number of amides is 1. The van der Waals surface area contributed by atoms with Gasteiger partial charge in [0.05, 0.1) is 15.6 Å². The Labute approximate surface area is 116 Å². The molecule has 88 valence electrons.